The molecule has 0 aliphatic carbocycles. The molecule has 0 radical (unpaired) electrons. The van der Waals surface area contributed by atoms with Crippen molar-refractivity contribution in [2.24, 2.45) is 0 Å². The molecule has 3 fully saturated rings. The molecule has 0 saturated carbocycles. The molecular weight excluding hydrogens is 278 g/mol. The average Bonchev–Trinajstić information content (AvgIpc) is 3.03. The minimum Gasteiger partial charge on any atom is -0.480 e. The second kappa shape index (κ2) is 5.81. The Kier molecular flexibility index (Phi) is 4.07. The van der Waals surface area contributed by atoms with Crippen LogP contribution >= 0.6 is 11.8 Å². The maximum Gasteiger partial charge on any atom is 0.327 e. The zero-order valence-corrected chi connectivity index (χ0v) is 12.3. The Labute approximate surface area is 123 Å². The van der Waals surface area contributed by atoms with Gasteiger partial charge >= 0.3 is 12.0 Å². The smallest absolute Gasteiger partial charge is 0.327 e. The third-order valence-corrected chi connectivity index (χ3v) is 5.50. The Morgan fingerprint density at radius 1 is 1.15 bits per heavy atom. The van der Waals surface area contributed by atoms with Gasteiger partial charge in [0.05, 0.1) is 5.88 Å². The van der Waals surface area contributed by atoms with E-state index >= 15 is 0 Å². The van der Waals surface area contributed by atoms with E-state index in [0.717, 1.165) is 39.0 Å². The van der Waals surface area contributed by atoms with Crippen LogP contribution in [0, 0.1) is 0 Å². The Hall–Kier alpha value is -0.950. The topological polar surface area (TPSA) is 64.1 Å². The van der Waals surface area contributed by atoms with Crippen LogP contribution in [0.5, 0.6) is 0 Å². The van der Waals surface area contributed by atoms with Gasteiger partial charge in [-0.25, -0.2) is 9.59 Å². The van der Waals surface area contributed by atoms with Crippen LogP contribution < -0.4 is 0 Å². The number of hydrogen-bond donors (Lipinski definition) is 1. The Morgan fingerprint density at radius 2 is 1.95 bits per heavy atom. The van der Waals surface area contributed by atoms with E-state index in [2.05, 4.69) is 4.90 Å². The molecule has 3 aliphatic heterocycles. The molecule has 0 bridgehead atoms. The molecule has 112 valence electrons. The number of thioether (sulfide) groups is 1. The van der Waals surface area contributed by atoms with Crippen LogP contribution in [0.15, 0.2) is 0 Å². The fourth-order valence-corrected chi connectivity index (χ4v) is 4.54. The summed E-state index contributed by atoms with van der Waals surface area (Å²) in [6.07, 6.45) is 3.35. The van der Waals surface area contributed by atoms with Gasteiger partial charge in [0.25, 0.3) is 0 Å². The SMILES string of the molecule is O=C(O)[C@@H]1CSCN1C(=O)N1CCCN2CCCC2C1. The number of fused-ring (bicyclic) bond motifs is 1. The van der Waals surface area contributed by atoms with Gasteiger partial charge in [0, 0.05) is 31.4 Å². The molecule has 2 atom stereocenters. The summed E-state index contributed by atoms with van der Waals surface area (Å²) in [6, 6.07) is -0.272. The number of carbonyl (C=O) groups excluding carboxylic acids is 1. The fourth-order valence-electron chi connectivity index (χ4n) is 3.40. The van der Waals surface area contributed by atoms with Gasteiger partial charge in [-0.15, -0.1) is 11.8 Å². The van der Waals surface area contributed by atoms with Gasteiger partial charge in [0.2, 0.25) is 0 Å². The van der Waals surface area contributed by atoms with Gasteiger partial charge in [-0.1, -0.05) is 0 Å². The highest BCUT2D eigenvalue weighted by atomic mass is 32.2. The van der Waals surface area contributed by atoms with Crippen LogP contribution in [0.3, 0.4) is 0 Å². The molecular formula is C13H21N3O3S. The molecule has 1 N–H and O–H groups in total. The summed E-state index contributed by atoms with van der Waals surface area (Å²) in [7, 11) is 0. The van der Waals surface area contributed by atoms with Crippen LogP contribution in [-0.4, -0.2) is 81.7 Å². The van der Waals surface area contributed by atoms with Gasteiger partial charge in [0.1, 0.15) is 6.04 Å². The van der Waals surface area contributed by atoms with Crippen LogP contribution in [0.1, 0.15) is 19.3 Å². The van der Waals surface area contributed by atoms with Gasteiger partial charge in [-0.05, 0) is 25.8 Å². The van der Waals surface area contributed by atoms with Crippen LogP contribution in [-0.2, 0) is 4.79 Å². The maximum atomic E-state index is 12.6. The number of hydrogen-bond acceptors (Lipinski definition) is 4. The lowest BCUT2D eigenvalue weighted by molar-refractivity contribution is -0.140. The predicted molar refractivity (Wildman–Crippen MR) is 76.8 cm³/mol. The van der Waals surface area contributed by atoms with Crippen molar-refractivity contribution in [3.63, 3.8) is 0 Å². The minimum atomic E-state index is -0.888. The standard InChI is InChI=1S/C13H21N3O3S/c17-12(18)11-8-20-9-16(11)13(19)15-6-2-5-14-4-1-3-10(14)7-15/h10-11H,1-9H2,(H,17,18)/t10?,11-/m0/s1. The lowest BCUT2D eigenvalue weighted by atomic mass is 10.2. The summed E-state index contributed by atoms with van der Waals surface area (Å²) in [4.78, 5) is 29.7. The summed E-state index contributed by atoms with van der Waals surface area (Å²) < 4.78 is 0. The summed E-state index contributed by atoms with van der Waals surface area (Å²) in [5, 5.41) is 9.20. The van der Waals surface area contributed by atoms with Crippen molar-refractivity contribution in [1.29, 1.82) is 0 Å². The molecule has 20 heavy (non-hydrogen) atoms. The first-order valence-electron chi connectivity index (χ1n) is 7.27. The number of carboxylic acid groups (broad SMARTS) is 1. The number of aliphatic carboxylic acids is 1. The largest absolute Gasteiger partial charge is 0.480 e. The average molecular weight is 299 g/mol. The first-order chi connectivity index (χ1) is 9.66. The number of rotatable bonds is 1. The molecule has 3 heterocycles. The van der Waals surface area contributed by atoms with E-state index in [1.54, 1.807) is 0 Å². The van der Waals surface area contributed by atoms with Crippen molar-refractivity contribution in [2.45, 2.75) is 31.3 Å². The summed E-state index contributed by atoms with van der Waals surface area (Å²) in [5.41, 5.74) is 0. The molecule has 1 unspecified atom stereocenters. The van der Waals surface area contributed by atoms with Gasteiger partial charge in [-0.2, -0.15) is 0 Å². The van der Waals surface area contributed by atoms with Crippen molar-refractivity contribution < 1.29 is 14.7 Å². The quantitative estimate of drug-likeness (QED) is 0.773. The van der Waals surface area contributed by atoms with Gasteiger partial charge < -0.3 is 14.9 Å². The maximum absolute atomic E-state index is 12.6. The second-order valence-electron chi connectivity index (χ2n) is 5.74. The van der Waals surface area contributed by atoms with E-state index in [9.17, 15) is 14.7 Å². The highest BCUT2D eigenvalue weighted by molar-refractivity contribution is 7.99. The van der Waals surface area contributed by atoms with Crippen LogP contribution in [0.25, 0.3) is 0 Å². The first kappa shape index (κ1) is 14.0. The highest BCUT2D eigenvalue weighted by Gasteiger charge is 2.38. The van der Waals surface area contributed by atoms with Crippen molar-refractivity contribution >= 4 is 23.8 Å². The Bertz CT molecular complexity index is 406. The molecule has 3 saturated heterocycles. The molecule has 0 spiro atoms. The Balaban J connectivity index is 1.68. The summed E-state index contributed by atoms with van der Waals surface area (Å²) in [5.74, 6) is 0.117. The number of urea groups is 1. The van der Waals surface area contributed by atoms with E-state index in [1.807, 2.05) is 4.90 Å². The zero-order chi connectivity index (χ0) is 14.1. The number of carboxylic acids is 1. The van der Waals surface area contributed by atoms with Crippen LogP contribution in [0.4, 0.5) is 4.79 Å². The first-order valence-corrected chi connectivity index (χ1v) is 8.42. The molecule has 2 amide bonds. The van der Waals surface area contributed by atoms with E-state index in [1.165, 1.54) is 23.1 Å². The molecule has 3 aliphatic rings. The van der Waals surface area contributed by atoms with Crippen molar-refractivity contribution in [3.8, 4) is 0 Å². The van der Waals surface area contributed by atoms with Gasteiger partial charge in [-0.3, -0.25) is 4.90 Å². The van der Waals surface area contributed by atoms with E-state index in [0.29, 0.717) is 17.7 Å². The number of nitrogens with zero attached hydrogens (tertiary/aromatic N) is 3. The molecule has 3 rings (SSSR count). The predicted octanol–water partition coefficient (Wildman–Crippen LogP) is 0.736. The normalized spacial score (nSPS) is 31.2. The highest BCUT2D eigenvalue weighted by Crippen LogP contribution is 2.26. The number of carbonyl (C=O) groups is 2. The number of amides is 2. The lowest BCUT2D eigenvalue weighted by Gasteiger charge is -2.30. The summed E-state index contributed by atoms with van der Waals surface area (Å²) >= 11 is 1.52. The lowest BCUT2D eigenvalue weighted by Crippen LogP contribution is -2.50. The zero-order valence-electron chi connectivity index (χ0n) is 11.5. The molecule has 0 aromatic heterocycles. The fraction of sp³-hybridized carbons (Fsp3) is 0.846. The molecule has 7 heteroatoms. The third-order valence-electron chi connectivity index (χ3n) is 4.49. The second-order valence-corrected chi connectivity index (χ2v) is 6.74. The molecule has 0 aromatic carbocycles. The molecule has 6 nitrogen and oxygen atoms in total. The van der Waals surface area contributed by atoms with Crippen molar-refractivity contribution in [1.82, 2.24) is 14.7 Å². The third kappa shape index (κ3) is 2.61. The van der Waals surface area contributed by atoms with E-state index in [4.69, 9.17) is 0 Å². The summed E-state index contributed by atoms with van der Waals surface area (Å²) in [6.45, 7) is 3.71. The Morgan fingerprint density at radius 3 is 2.75 bits per heavy atom. The monoisotopic (exact) mass is 299 g/mol. The van der Waals surface area contributed by atoms with Crippen molar-refractivity contribution in [2.75, 3.05) is 37.8 Å². The van der Waals surface area contributed by atoms with E-state index in [-0.39, 0.29) is 6.03 Å². The van der Waals surface area contributed by atoms with Gasteiger partial charge in [0.15, 0.2) is 0 Å². The molecule has 0 aromatic rings. The van der Waals surface area contributed by atoms with Crippen LogP contribution in [0.2, 0.25) is 0 Å². The van der Waals surface area contributed by atoms with Crippen molar-refractivity contribution in [3.05, 3.63) is 0 Å². The van der Waals surface area contributed by atoms with E-state index < -0.39 is 12.0 Å². The minimum absolute atomic E-state index is 0.0869.